The number of carbonyl (C=O) groups excluding carboxylic acids is 1. The Balaban J connectivity index is 1.49. The minimum Gasteiger partial charge on any atom is -0.353 e. The molecule has 0 aliphatic carbocycles. The molecule has 8 nitrogen and oxygen atoms in total. The van der Waals surface area contributed by atoms with Crippen LogP contribution in [0, 0.1) is 0 Å². The summed E-state index contributed by atoms with van der Waals surface area (Å²) in [6.07, 6.45) is 0. The molecule has 2 bridgehead atoms. The maximum Gasteiger partial charge on any atom is 0.245 e. The quantitative estimate of drug-likeness (QED) is 0.681. The number of hydrogen-bond acceptors (Lipinski definition) is 7. The van der Waals surface area contributed by atoms with Gasteiger partial charge in [0.2, 0.25) is 11.8 Å². The molecule has 1 amide bonds. The van der Waals surface area contributed by atoms with Crippen molar-refractivity contribution in [2.24, 2.45) is 0 Å². The van der Waals surface area contributed by atoms with Gasteiger partial charge in [-0.05, 0) is 0 Å². The number of hydrogen-bond donors (Lipinski definition) is 2. The van der Waals surface area contributed by atoms with Crippen LogP contribution < -0.4 is 10.6 Å². The number of nitrogens with zero attached hydrogens (tertiary/aromatic N) is 4. The third kappa shape index (κ3) is 2.09. The van der Waals surface area contributed by atoms with Gasteiger partial charge in [-0.25, -0.2) is 0 Å². The molecule has 20 heavy (non-hydrogen) atoms. The summed E-state index contributed by atoms with van der Waals surface area (Å²) in [6.45, 7) is 6.20. The number of aromatic nitrogens is 2. The molecule has 2 unspecified atom stereocenters. The van der Waals surface area contributed by atoms with E-state index >= 15 is 0 Å². The SMILES string of the molecule is O=C1CNC(c2nc(C3CN4CCN3CC4)no2)CN1. The lowest BCUT2D eigenvalue weighted by atomic mass is 10.1. The molecule has 108 valence electrons. The zero-order valence-corrected chi connectivity index (χ0v) is 11.2. The lowest BCUT2D eigenvalue weighted by Gasteiger charge is -2.46. The second-order valence-corrected chi connectivity index (χ2v) is 5.58. The summed E-state index contributed by atoms with van der Waals surface area (Å²) in [4.78, 5) is 20.5. The highest BCUT2D eigenvalue weighted by molar-refractivity contribution is 5.78. The van der Waals surface area contributed by atoms with Crippen LogP contribution in [0.5, 0.6) is 0 Å². The lowest BCUT2D eigenvalue weighted by Crippen LogP contribution is -2.57. The van der Waals surface area contributed by atoms with E-state index in [0.29, 0.717) is 19.0 Å². The van der Waals surface area contributed by atoms with Crippen molar-refractivity contribution in [3.8, 4) is 0 Å². The van der Waals surface area contributed by atoms with Crippen LogP contribution in [-0.4, -0.2) is 71.7 Å². The lowest BCUT2D eigenvalue weighted by molar-refractivity contribution is -0.121. The van der Waals surface area contributed by atoms with Gasteiger partial charge in [-0.15, -0.1) is 0 Å². The van der Waals surface area contributed by atoms with Crippen molar-refractivity contribution in [3.05, 3.63) is 11.7 Å². The van der Waals surface area contributed by atoms with E-state index in [-0.39, 0.29) is 18.0 Å². The van der Waals surface area contributed by atoms with Gasteiger partial charge in [0.1, 0.15) is 6.04 Å². The van der Waals surface area contributed by atoms with E-state index in [1.807, 2.05) is 0 Å². The van der Waals surface area contributed by atoms with Crippen LogP contribution >= 0.6 is 0 Å². The molecule has 4 fully saturated rings. The minimum atomic E-state index is -0.0787. The van der Waals surface area contributed by atoms with E-state index in [2.05, 4.69) is 30.6 Å². The molecule has 5 rings (SSSR count). The summed E-state index contributed by atoms with van der Waals surface area (Å²) >= 11 is 0. The third-order valence-corrected chi connectivity index (χ3v) is 4.34. The number of fused-ring (bicyclic) bond motifs is 3. The van der Waals surface area contributed by atoms with Gasteiger partial charge in [0.15, 0.2) is 5.82 Å². The average Bonchev–Trinajstić information content (AvgIpc) is 2.99. The third-order valence-electron chi connectivity index (χ3n) is 4.34. The van der Waals surface area contributed by atoms with Gasteiger partial charge in [-0.2, -0.15) is 4.98 Å². The number of nitrogens with one attached hydrogen (secondary N) is 2. The van der Waals surface area contributed by atoms with Gasteiger partial charge in [-0.1, -0.05) is 5.16 Å². The fourth-order valence-electron chi connectivity index (χ4n) is 3.13. The molecule has 0 radical (unpaired) electrons. The summed E-state index contributed by atoms with van der Waals surface area (Å²) in [5.41, 5.74) is 0. The molecule has 8 heteroatoms. The van der Waals surface area contributed by atoms with Gasteiger partial charge in [0.25, 0.3) is 0 Å². The fourth-order valence-corrected chi connectivity index (χ4v) is 3.13. The van der Waals surface area contributed by atoms with Crippen molar-refractivity contribution in [1.29, 1.82) is 0 Å². The molecule has 4 saturated heterocycles. The highest BCUT2D eigenvalue weighted by Gasteiger charge is 2.36. The topological polar surface area (TPSA) is 86.5 Å². The first kappa shape index (κ1) is 12.2. The molecule has 1 aromatic heterocycles. The Hall–Kier alpha value is -1.51. The summed E-state index contributed by atoms with van der Waals surface area (Å²) in [5.74, 6) is 1.34. The van der Waals surface area contributed by atoms with E-state index in [9.17, 15) is 4.79 Å². The van der Waals surface area contributed by atoms with E-state index in [4.69, 9.17) is 4.52 Å². The normalized spacial score (nSPS) is 36.9. The molecule has 1 aromatic rings. The summed E-state index contributed by atoms with van der Waals surface area (Å²) in [6, 6.07) is 0.165. The van der Waals surface area contributed by atoms with Crippen molar-refractivity contribution in [3.63, 3.8) is 0 Å². The number of piperazine rings is 4. The van der Waals surface area contributed by atoms with Gasteiger partial charge >= 0.3 is 0 Å². The Kier molecular flexibility index (Phi) is 2.94. The molecular weight excluding hydrogens is 260 g/mol. The molecule has 0 aromatic carbocycles. The molecular formula is C12H18N6O2. The van der Waals surface area contributed by atoms with Crippen LogP contribution in [0.1, 0.15) is 23.8 Å². The smallest absolute Gasteiger partial charge is 0.245 e. The van der Waals surface area contributed by atoms with E-state index in [0.717, 1.165) is 38.5 Å². The Bertz CT molecular complexity index is 500. The number of amides is 1. The van der Waals surface area contributed by atoms with E-state index < -0.39 is 0 Å². The second kappa shape index (κ2) is 4.80. The maximum absolute atomic E-state index is 11.1. The summed E-state index contributed by atoms with van der Waals surface area (Å²) < 4.78 is 5.38. The van der Waals surface area contributed by atoms with Gasteiger partial charge < -0.3 is 9.84 Å². The minimum absolute atomic E-state index is 0.00416. The Morgan fingerprint density at radius 2 is 2.10 bits per heavy atom. The molecule has 4 aliphatic heterocycles. The molecule has 2 N–H and O–H groups in total. The highest BCUT2D eigenvalue weighted by Crippen LogP contribution is 2.27. The van der Waals surface area contributed by atoms with Crippen molar-refractivity contribution in [1.82, 2.24) is 30.6 Å². The van der Waals surface area contributed by atoms with Crippen LogP contribution in [0.4, 0.5) is 0 Å². The van der Waals surface area contributed by atoms with Gasteiger partial charge in [0.05, 0.1) is 12.6 Å². The first-order chi connectivity index (χ1) is 9.79. The zero-order valence-electron chi connectivity index (χ0n) is 11.2. The molecule has 5 heterocycles. The van der Waals surface area contributed by atoms with E-state index in [1.165, 1.54) is 0 Å². The first-order valence-electron chi connectivity index (χ1n) is 7.09. The van der Waals surface area contributed by atoms with Gasteiger partial charge in [-0.3, -0.25) is 19.9 Å². The monoisotopic (exact) mass is 278 g/mol. The fraction of sp³-hybridized carbons (Fsp3) is 0.750. The second-order valence-electron chi connectivity index (χ2n) is 5.58. The zero-order chi connectivity index (χ0) is 13.5. The molecule has 0 saturated carbocycles. The van der Waals surface area contributed by atoms with Crippen LogP contribution in [0.2, 0.25) is 0 Å². The van der Waals surface area contributed by atoms with Gasteiger partial charge in [0, 0.05) is 39.3 Å². The van der Waals surface area contributed by atoms with Crippen molar-refractivity contribution in [2.75, 3.05) is 45.8 Å². The van der Waals surface area contributed by atoms with E-state index in [1.54, 1.807) is 0 Å². The Labute approximate surface area is 116 Å². The summed E-state index contributed by atoms with van der Waals surface area (Å²) in [7, 11) is 0. The predicted octanol–water partition coefficient (Wildman–Crippen LogP) is -1.50. The Morgan fingerprint density at radius 3 is 2.75 bits per heavy atom. The molecule has 4 aliphatic rings. The van der Waals surface area contributed by atoms with Crippen LogP contribution in [0.25, 0.3) is 0 Å². The van der Waals surface area contributed by atoms with Crippen molar-refractivity contribution >= 4 is 5.91 Å². The number of rotatable bonds is 2. The Morgan fingerprint density at radius 1 is 1.25 bits per heavy atom. The van der Waals surface area contributed by atoms with Crippen molar-refractivity contribution < 1.29 is 9.32 Å². The van der Waals surface area contributed by atoms with Crippen LogP contribution in [0.3, 0.4) is 0 Å². The molecule has 0 spiro atoms. The first-order valence-corrected chi connectivity index (χ1v) is 7.09. The standard InChI is InChI=1S/C12H18N6O2/c19-10-6-13-8(5-14-10)12-15-11(16-20-12)9-7-17-1-3-18(9)4-2-17/h8-9,13H,1-7H2,(H,14,19). The van der Waals surface area contributed by atoms with Crippen LogP contribution in [0.15, 0.2) is 4.52 Å². The van der Waals surface area contributed by atoms with Crippen molar-refractivity contribution in [2.45, 2.75) is 12.1 Å². The maximum atomic E-state index is 11.1. The largest absolute Gasteiger partial charge is 0.353 e. The average molecular weight is 278 g/mol. The molecule has 2 atom stereocenters. The highest BCUT2D eigenvalue weighted by atomic mass is 16.5. The number of carbonyl (C=O) groups is 1. The predicted molar refractivity (Wildman–Crippen MR) is 68.8 cm³/mol. The summed E-state index contributed by atoms with van der Waals surface area (Å²) in [5, 5.41) is 10.0. The van der Waals surface area contributed by atoms with Crippen LogP contribution in [-0.2, 0) is 4.79 Å².